The third-order valence-corrected chi connectivity index (χ3v) is 10.2. The molecule has 31 heavy (non-hydrogen) atoms. The van der Waals surface area contributed by atoms with Crippen molar-refractivity contribution < 1.29 is 53.0 Å². The highest BCUT2D eigenvalue weighted by atomic mass is 35.5. The third-order valence-electron chi connectivity index (χ3n) is 4.49. The Labute approximate surface area is 200 Å². The topological polar surface area (TPSA) is 78.4 Å². The van der Waals surface area contributed by atoms with Crippen molar-refractivity contribution in [3.8, 4) is 0 Å². The molecule has 0 aromatic carbocycles. The molecule has 12 heteroatoms. The molecule has 0 atom stereocenters. The molecule has 0 aromatic rings. The molecule has 9 nitrogen and oxygen atoms in total. The van der Waals surface area contributed by atoms with Crippen LogP contribution in [-0.4, -0.2) is 132 Å². The fraction of sp³-hybridized carbons (Fsp3) is 1.00. The van der Waals surface area contributed by atoms with Crippen molar-refractivity contribution >= 4 is 17.6 Å². The minimum Gasteiger partial charge on any atom is -1.00 e. The molecule has 0 fully saturated rings. The Morgan fingerprint density at radius 1 is 0.516 bits per heavy atom. The summed E-state index contributed by atoms with van der Waals surface area (Å²) in [4.78, 5) is 0. The molecule has 0 spiro atoms. The highest BCUT2D eigenvalue weighted by Gasteiger charge is 2.38. The number of hydrogen-bond acceptors (Lipinski definition) is 7. The number of hydrogen-bond donors (Lipinski definition) is 0. The minimum atomic E-state index is -2.33. The molecule has 0 radical (unpaired) electrons. The molecule has 0 N–H and O–H groups in total. The van der Waals surface area contributed by atoms with Gasteiger partial charge in [-0.25, -0.2) is 0 Å². The predicted molar refractivity (Wildman–Crippen MR) is 124 cm³/mol. The summed E-state index contributed by atoms with van der Waals surface area (Å²) in [7, 11) is 19.1. The first-order valence-corrected chi connectivity index (χ1v) is 14.0. The average molecular weight is 511 g/mol. The van der Waals surface area contributed by atoms with Crippen LogP contribution >= 0.6 is 0 Å². The van der Waals surface area contributed by atoms with E-state index in [4.69, 9.17) is 31.7 Å². The van der Waals surface area contributed by atoms with E-state index in [1.54, 1.807) is 42.7 Å². The van der Waals surface area contributed by atoms with Crippen LogP contribution in [0.15, 0.2) is 0 Å². The minimum absolute atomic E-state index is 0. The molecule has 0 heterocycles. The Balaban J connectivity index is -0.000000211. The van der Waals surface area contributed by atoms with Crippen molar-refractivity contribution in [1.29, 1.82) is 0 Å². The smallest absolute Gasteiger partial charge is 0.500 e. The van der Waals surface area contributed by atoms with E-state index in [1.807, 2.05) is 0 Å². The van der Waals surface area contributed by atoms with Gasteiger partial charge in [0.25, 0.3) is 0 Å². The summed E-state index contributed by atoms with van der Waals surface area (Å²) in [6.45, 7) is 2.20. The molecule has 0 rings (SSSR count). The van der Waals surface area contributed by atoms with Crippen molar-refractivity contribution in [3.63, 3.8) is 0 Å². The van der Waals surface area contributed by atoms with Gasteiger partial charge in [-0.15, -0.1) is 0 Å². The maximum Gasteiger partial charge on any atom is 0.500 e. The van der Waals surface area contributed by atoms with Gasteiger partial charge in [0.2, 0.25) is 0 Å². The largest absolute Gasteiger partial charge is 1.00 e. The Kier molecular flexibility index (Phi) is 24.7. The van der Waals surface area contributed by atoms with Gasteiger partial charge >= 0.3 is 17.6 Å². The van der Waals surface area contributed by atoms with E-state index in [1.165, 1.54) is 0 Å². The van der Waals surface area contributed by atoms with Crippen molar-refractivity contribution in [2.75, 3.05) is 105 Å². The second kappa shape index (κ2) is 19.8. The second-order valence-electron chi connectivity index (χ2n) is 8.83. The van der Waals surface area contributed by atoms with Crippen LogP contribution in [-0.2, 0) is 26.6 Å². The van der Waals surface area contributed by atoms with Crippen LogP contribution in [0.2, 0.25) is 12.1 Å². The Morgan fingerprint density at radius 2 is 0.710 bits per heavy atom. The summed E-state index contributed by atoms with van der Waals surface area (Å²) in [5.41, 5.74) is 0. The van der Waals surface area contributed by atoms with E-state index in [9.17, 15) is 0 Å². The molecule has 0 amide bonds. The standard InChI is InChI=1S/2C9H24NO3Si.CH3O.ClH/c2*1-10(2,3)8-7-9-14(11-4,12-5)13-6;1-2;/h2*7-9H2,1-6H3;1H3;1H/q2*+1;-1;/p-1. The van der Waals surface area contributed by atoms with Gasteiger partial charge in [-0.05, 0) is 0 Å². The van der Waals surface area contributed by atoms with Gasteiger partial charge in [-0.1, -0.05) is 0 Å². The van der Waals surface area contributed by atoms with E-state index >= 15 is 0 Å². The molecule has 0 aromatic heterocycles. The molecule has 0 aliphatic rings. The Morgan fingerprint density at radius 3 is 0.839 bits per heavy atom. The van der Waals surface area contributed by atoms with Crippen LogP contribution in [0.5, 0.6) is 0 Å². The molecule has 0 saturated carbocycles. The van der Waals surface area contributed by atoms with Crippen LogP contribution in [0.1, 0.15) is 12.8 Å². The zero-order valence-electron chi connectivity index (χ0n) is 22.4. The van der Waals surface area contributed by atoms with Gasteiger partial charge in [-0.3, -0.25) is 0 Å². The zero-order chi connectivity index (χ0) is 24.5. The van der Waals surface area contributed by atoms with Gasteiger partial charge in [0.15, 0.2) is 0 Å². The summed E-state index contributed by atoms with van der Waals surface area (Å²) in [6, 6.07) is 1.76. The summed E-state index contributed by atoms with van der Waals surface area (Å²) in [6.07, 6.45) is 2.12. The van der Waals surface area contributed by atoms with Crippen molar-refractivity contribution in [3.05, 3.63) is 0 Å². The van der Waals surface area contributed by atoms with Crippen LogP contribution in [0.25, 0.3) is 0 Å². The predicted octanol–water partition coefficient (Wildman–Crippen LogP) is -2.10. The number of halogens is 1. The van der Waals surface area contributed by atoms with Gasteiger partial charge in [0, 0.05) is 67.6 Å². The molecule has 0 aliphatic heterocycles. The van der Waals surface area contributed by atoms with Gasteiger partial charge < -0.3 is 53.0 Å². The van der Waals surface area contributed by atoms with E-state index in [-0.39, 0.29) is 12.4 Å². The summed E-state index contributed by atoms with van der Waals surface area (Å²) in [5.74, 6) is 0. The first kappa shape index (κ1) is 38.6. The first-order chi connectivity index (χ1) is 13.8. The van der Waals surface area contributed by atoms with Gasteiger partial charge in [-0.2, -0.15) is 7.11 Å². The van der Waals surface area contributed by atoms with E-state index in [0.717, 1.165) is 54.1 Å². The maximum absolute atomic E-state index is 8.25. The Bertz CT molecular complexity index is 338. The zero-order valence-corrected chi connectivity index (χ0v) is 25.1. The molecular weight excluding hydrogens is 460 g/mol. The SMILES string of the molecule is CO[Si](CCC[N+](C)(C)C)(OC)OC.CO[Si](CCC[N+](C)(C)C)(OC)OC.C[O-].[Cl-]. The van der Waals surface area contributed by atoms with E-state index < -0.39 is 17.6 Å². The summed E-state index contributed by atoms with van der Waals surface area (Å²) < 4.78 is 34.0. The fourth-order valence-electron chi connectivity index (χ4n) is 2.65. The van der Waals surface area contributed by atoms with Crippen molar-refractivity contribution in [1.82, 2.24) is 0 Å². The molecule has 0 bridgehead atoms. The summed E-state index contributed by atoms with van der Waals surface area (Å²) >= 11 is 0. The lowest BCUT2D eigenvalue weighted by atomic mass is 10.4. The van der Waals surface area contributed by atoms with Crippen molar-refractivity contribution in [2.24, 2.45) is 0 Å². The normalized spacial score (nSPS) is 12.2. The fourth-order valence-corrected chi connectivity index (χ4v) is 6.06. The molecule has 0 saturated heterocycles. The third kappa shape index (κ3) is 20.7. The average Bonchev–Trinajstić information content (AvgIpc) is 2.70. The second-order valence-corrected chi connectivity index (χ2v) is 15.0. The lowest BCUT2D eigenvalue weighted by Crippen LogP contribution is -3.00. The first-order valence-electron chi connectivity index (χ1n) is 10.1. The maximum atomic E-state index is 8.25. The van der Waals surface area contributed by atoms with Crippen molar-refractivity contribution in [2.45, 2.75) is 24.9 Å². The lowest BCUT2D eigenvalue weighted by Gasteiger charge is -2.27. The van der Waals surface area contributed by atoms with Crippen LogP contribution < -0.4 is 17.5 Å². The number of quaternary nitrogens is 2. The van der Waals surface area contributed by atoms with Crippen LogP contribution in [0.3, 0.4) is 0 Å². The van der Waals surface area contributed by atoms with E-state index in [2.05, 4.69) is 42.3 Å². The number of rotatable bonds is 14. The number of nitrogens with zero attached hydrogens (tertiary/aromatic N) is 2. The molecular formula is C19H51ClN2O7Si2. The van der Waals surface area contributed by atoms with Gasteiger partial charge in [0.05, 0.1) is 55.4 Å². The summed E-state index contributed by atoms with van der Waals surface area (Å²) in [5, 5.41) is 8.25. The van der Waals surface area contributed by atoms with Crippen LogP contribution in [0, 0.1) is 0 Å². The van der Waals surface area contributed by atoms with Gasteiger partial charge in [0.1, 0.15) is 0 Å². The molecule has 0 aliphatic carbocycles. The molecule has 0 unspecified atom stereocenters. The van der Waals surface area contributed by atoms with Crippen LogP contribution in [0.4, 0.5) is 0 Å². The Hall–Kier alpha value is 0.364. The highest BCUT2D eigenvalue weighted by molar-refractivity contribution is 6.60. The lowest BCUT2D eigenvalue weighted by molar-refractivity contribution is -0.870. The highest BCUT2D eigenvalue weighted by Crippen LogP contribution is 2.16. The molecule has 194 valence electrons. The van der Waals surface area contributed by atoms with E-state index in [0.29, 0.717) is 0 Å². The quantitative estimate of drug-likeness (QED) is 0.196. The monoisotopic (exact) mass is 510 g/mol.